The second-order valence-corrected chi connectivity index (χ2v) is 9.75. The lowest BCUT2D eigenvalue weighted by Crippen LogP contribution is -2.33. The predicted molar refractivity (Wildman–Crippen MR) is 157 cm³/mol. The lowest BCUT2D eigenvalue weighted by atomic mass is 10.2. The van der Waals surface area contributed by atoms with Gasteiger partial charge in [-0.2, -0.15) is 5.10 Å². The Bertz CT molecular complexity index is 1570. The largest absolute Gasteiger partial charge is 0.481 e. The van der Waals surface area contributed by atoms with E-state index in [0.717, 1.165) is 0 Å². The molecule has 0 aliphatic carbocycles. The molecular weight excluding hydrogens is 591 g/mol. The van der Waals surface area contributed by atoms with Gasteiger partial charge in [0.25, 0.3) is 5.91 Å². The highest BCUT2D eigenvalue weighted by molar-refractivity contribution is 6.31. The van der Waals surface area contributed by atoms with Gasteiger partial charge in [-0.3, -0.25) is 4.79 Å². The zero-order valence-corrected chi connectivity index (χ0v) is 23.6. The van der Waals surface area contributed by atoms with E-state index in [9.17, 15) is 14.4 Å². The first-order valence-corrected chi connectivity index (χ1v) is 13.2. The molecule has 208 valence electrons. The summed E-state index contributed by atoms with van der Waals surface area (Å²) in [5, 5.41) is 5.43. The summed E-state index contributed by atoms with van der Waals surface area (Å²) in [6.07, 6.45) is 0.410. The number of hydrogen-bond acceptors (Lipinski definition) is 7. The third kappa shape index (κ3) is 8.56. The Labute approximate surface area is 250 Å². The molecule has 4 aromatic carbocycles. The second-order valence-electron chi connectivity index (χ2n) is 8.44. The Morgan fingerprint density at radius 1 is 0.707 bits per heavy atom. The minimum Gasteiger partial charge on any atom is -0.481 e. The maximum atomic E-state index is 12.8. The molecule has 0 spiro atoms. The zero-order chi connectivity index (χ0) is 29.4. The molecule has 1 N–H and O–H groups in total. The van der Waals surface area contributed by atoms with Crippen molar-refractivity contribution in [2.45, 2.75) is 13.0 Å². The minimum absolute atomic E-state index is 0.0230. The summed E-state index contributed by atoms with van der Waals surface area (Å²) in [6, 6.07) is 23.2. The first kappa shape index (κ1) is 29.6. The molecule has 0 saturated heterocycles. The van der Waals surface area contributed by atoms with Gasteiger partial charge in [-0.1, -0.05) is 34.8 Å². The summed E-state index contributed by atoms with van der Waals surface area (Å²) in [5.41, 5.74) is 3.21. The Morgan fingerprint density at radius 2 is 1.20 bits per heavy atom. The number of rotatable bonds is 9. The summed E-state index contributed by atoms with van der Waals surface area (Å²) >= 11 is 17.7. The molecule has 0 fully saturated rings. The second kappa shape index (κ2) is 13.8. The number of amides is 1. The number of nitrogens with one attached hydrogen (secondary N) is 1. The quantitative estimate of drug-likeness (QED) is 0.0946. The molecule has 0 aliphatic heterocycles. The molecule has 0 heterocycles. The van der Waals surface area contributed by atoms with Gasteiger partial charge in [-0.05, 0) is 91.9 Å². The fourth-order valence-corrected chi connectivity index (χ4v) is 3.68. The molecule has 1 atom stereocenters. The van der Waals surface area contributed by atoms with Crippen molar-refractivity contribution < 1.29 is 28.6 Å². The van der Waals surface area contributed by atoms with Crippen molar-refractivity contribution in [3.63, 3.8) is 0 Å². The van der Waals surface area contributed by atoms with Gasteiger partial charge >= 0.3 is 11.9 Å². The van der Waals surface area contributed by atoms with Gasteiger partial charge < -0.3 is 14.2 Å². The molecule has 0 aliphatic rings. The third-order valence-electron chi connectivity index (χ3n) is 5.43. The van der Waals surface area contributed by atoms with Crippen LogP contribution in [0.15, 0.2) is 96.1 Å². The summed E-state index contributed by atoms with van der Waals surface area (Å²) in [4.78, 5) is 37.9. The lowest BCUT2D eigenvalue weighted by molar-refractivity contribution is -0.127. The molecule has 4 aromatic rings. The van der Waals surface area contributed by atoms with Crippen molar-refractivity contribution in [2.24, 2.45) is 5.10 Å². The van der Waals surface area contributed by atoms with Crippen LogP contribution in [0.2, 0.25) is 15.1 Å². The number of nitrogens with zero attached hydrogens (tertiary/aromatic N) is 1. The van der Waals surface area contributed by atoms with Crippen molar-refractivity contribution in [2.75, 3.05) is 0 Å². The number of esters is 2. The van der Waals surface area contributed by atoms with Crippen LogP contribution in [0, 0.1) is 0 Å². The van der Waals surface area contributed by atoms with Crippen LogP contribution in [0.1, 0.15) is 33.2 Å². The van der Waals surface area contributed by atoms with Gasteiger partial charge in [-0.25, -0.2) is 15.0 Å². The number of hydrazone groups is 1. The van der Waals surface area contributed by atoms with E-state index in [4.69, 9.17) is 49.0 Å². The first-order valence-electron chi connectivity index (χ1n) is 12.0. The molecule has 1 unspecified atom stereocenters. The fraction of sp³-hybridized carbons (Fsp3) is 0.0667. The summed E-state index contributed by atoms with van der Waals surface area (Å²) in [7, 11) is 0. The van der Waals surface area contributed by atoms with Crippen LogP contribution in [-0.2, 0) is 4.79 Å². The van der Waals surface area contributed by atoms with E-state index in [1.807, 2.05) is 0 Å². The molecule has 0 saturated carbocycles. The molecule has 1 amide bonds. The van der Waals surface area contributed by atoms with Gasteiger partial charge in [0.1, 0.15) is 17.2 Å². The maximum absolute atomic E-state index is 12.8. The van der Waals surface area contributed by atoms with Crippen molar-refractivity contribution in [3.05, 3.63) is 123 Å². The van der Waals surface area contributed by atoms with Crippen molar-refractivity contribution >= 4 is 58.9 Å². The summed E-state index contributed by atoms with van der Waals surface area (Å²) in [6.45, 7) is 1.56. The van der Waals surface area contributed by atoms with E-state index >= 15 is 0 Å². The number of carbonyl (C=O) groups excluding carboxylic acids is 3. The van der Waals surface area contributed by atoms with E-state index in [2.05, 4.69) is 10.5 Å². The monoisotopic (exact) mass is 610 g/mol. The SMILES string of the molecule is CC(Oc1ccc(Cl)cc1)C(=O)NN=Cc1ccc(OC(=O)c2ccc(Cl)cc2)cc1OC(=O)c1ccc(Cl)cc1. The van der Waals surface area contributed by atoms with Crippen LogP contribution in [0.4, 0.5) is 0 Å². The highest BCUT2D eigenvalue weighted by atomic mass is 35.5. The van der Waals surface area contributed by atoms with Gasteiger partial charge in [0.15, 0.2) is 6.10 Å². The summed E-state index contributed by atoms with van der Waals surface area (Å²) < 4.78 is 16.6. The van der Waals surface area contributed by atoms with Crippen LogP contribution in [-0.4, -0.2) is 30.2 Å². The molecule has 0 radical (unpaired) electrons. The average molecular weight is 612 g/mol. The number of halogens is 3. The Kier molecular flexibility index (Phi) is 9.97. The Hall–Kier alpha value is -4.37. The highest BCUT2D eigenvalue weighted by Gasteiger charge is 2.16. The van der Waals surface area contributed by atoms with Gasteiger partial charge in [0, 0.05) is 26.7 Å². The van der Waals surface area contributed by atoms with Crippen LogP contribution >= 0.6 is 34.8 Å². The first-order chi connectivity index (χ1) is 19.7. The van der Waals surface area contributed by atoms with Crippen LogP contribution in [0.5, 0.6) is 17.2 Å². The van der Waals surface area contributed by atoms with Gasteiger partial charge in [-0.15, -0.1) is 0 Å². The molecule has 11 heteroatoms. The number of ether oxygens (including phenoxy) is 3. The van der Waals surface area contributed by atoms with E-state index in [1.54, 1.807) is 55.5 Å². The molecule has 8 nitrogen and oxygen atoms in total. The van der Waals surface area contributed by atoms with Crippen LogP contribution < -0.4 is 19.6 Å². The van der Waals surface area contributed by atoms with Crippen molar-refractivity contribution in [1.82, 2.24) is 5.43 Å². The standard InChI is InChI=1S/C30H21Cl3N2O6/c1-18(39-25-14-11-24(33)12-15-25)28(36)35-34-17-21-6-13-26(40-29(37)19-2-7-22(31)8-3-19)16-27(21)41-30(38)20-4-9-23(32)10-5-20/h2-18H,1H3,(H,35,36). The van der Waals surface area contributed by atoms with Crippen molar-refractivity contribution in [1.29, 1.82) is 0 Å². The lowest BCUT2D eigenvalue weighted by Gasteiger charge is -2.13. The van der Waals surface area contributed by atoms with E-state index in [-0.39, 0.29) is 22.6 Å². The van der Waals surface area contributed by atoms with Crippen molar-refractivity contribution in [3.8, 4) is 17.2 Å². The Morgan fingerprint density at radius 3 is 1.76 bits per heavy atom. The van der Waals surface area contributed by atoms with Crippen LogP contribution in [0.25, 0.3) is 0 Å². The average Bonchev–Trinajstić information content (AvgIpc) is 2.96. The predicted octanol–water partition coefficient (Wildman–Crippen LogP) is 7.00. The molecule has 4 rings (SSSR count). The zero-order valence-electron chi connectivity index (χ0n) is 21.3. The smallest absolute Gasteiger partial charge is 0.343 e. The number of hydrogen-bond donors (Lipinski definition) is 1. The minimum atomic E-state index is -0.870. The van der Waals surface area contributed by atoms with E-state index in [0.29, 0.717) is 26.4 Å². The molecule has 41 heavy (non-hydrogen) atoms. The number of carbonyl (C=O) groups is 3. The third-order valence-corrected chi connectivity index (χ3v) is 6.19. The molecule has 0 aromatic heterocycles. The topological polar surface area (TPSA) is 103 Å². The number of benzene rings is 4. The molecule has 0 bridgehead atoms. The van der Waals surface area contributed by atoms with E-state index < -0.39 is 23.9 Å². The maximum Gasteiger partial charge on any atom is 0.343 e. The Balaban J connectivity index is 1.50. The fourth-order valence-electron chi connectivity index (χ4n) is 3.30. The summed E-state index contributed by atoms with van der Waals surface area (Å²) in [5.74, 6) is -1.26. The highest BCUT2D eigenvalue weighted by Crippen LogP contribution is 2.26. The van der Waals surface area contributed by atoms with Gasteiger partial charge in [0.2, 0.25) is 0 Å². The van der Waals surface area contributed by atoms with E-state index in [1.165, 1.54) is 48.7 Å². The van der Waals surface area contributed by atoms with Crippen LogP contribution in [0.3, 0.4) is 0 Å². The molecular formula is C30H21Cl3N2O6. The normalized spacial score (nSPS) is 11.5. The van der Waals surface area contributed by atoms with Gasteiger partial charge in [0.05, 0.1) is 17.3 Å².